The minimum absolute atomic E-state index is 0.126. The van der Waals surface area contributed by atoms with Crippen LogP contribution in [-0.2, 0) is 11.3 Å². The first-order chi connectivity index (χ1) is 13.2. The highest BCUT2D eigenvalue weighted by molar-refractivity contribution is 5.87. The van der Waals surface area contributed by atoms with E-state index in [1.807, 2.05) is 47.8 Å². The number of phenols is 1. The average molecular weight is 364 g/mol. The van der Waals surface area contributed by atoms with Gasteiger partial charge in [0.15, 0.2) is 5.75 Å². The van der Waals surface area contributed by atoms with E-state index in [-0.39, 0.29) is 11.8 Å². The van der Waals surface area contributed by atoms with Gasteiger partial charge in [0.25, 0.3) is 0 Å². The van der Waals surface area contributed by atoms with Gasteiger partial charge in [-0.3, -0.25) is 10.1 Å². The first-order valence-corrected chi connectivity index (χ1v) is 9.75. The van der Waals surface area contributed by atoms with Gasteiger partial charge in [-0.15, -0.1) is 0 Å². The average Bonchev–Trinajstić information content (AvgIpc) is 3.11. The SMILES string of the molecule is O=C(NCc1ccccc1)C1CCC(CC2=Nc3cccc(O)c3[NH2+]2)CC1. The van der Waals surface area contributed by atoms with Crippen LogP contribution in [0.25, 0.3) is 0 Å². The smallest absolute Gasteiger partial charge is 0.223 e. The van der Waals surface area contributed by atoms with Crippen LogP contribution in [0, 0.1) is 11.8 Å². The molecular weight excluding hydrogens is 338 g/mol. The zero-order valence-corrected chi connectivity index (χ0v) is 15.4. The van der Waals surface area contributed by atoms with Crippen LogP contribution in [0.3, 0.4) is 0 Å². The highest BCUT2D eigenvalue weighted by Crippen LogP contribution is 2.35. The van der Waals surface area contributed by atoms with E-state index in [4.69, 9.17) is 0 Å². The Morgan fingerprint density at radius 3 is 2.59 bits per heavy atom. The van der Waals surface area contributed by atoms with Crippen LogP contribution in [0.2, 0.25) is 0 Å². The van der Waals surface area contributed by atoms with E-state index >= 15 is 0 Å². The van der Waals surface area contributed by atoms with Crippen molar-refractivity contribution in [2.24, 2.45) is 16.8 Å². The molecule has 27 heavy (non-hydrogen) atoms. The molecule has 0 radical (unpaired) electrons. The number of nitrogens with one attached hydrogen (secondary N) is 1. The summed E-state index contributed by atoms with van der Waals surface area (Å²) in [7, 11) is 0. The number of phenolic OH excluding ortho intramolecular Hbond substituents is 1. The van der Waals surface area contributed by atoms with E-state index < -0.39 is 0 Å². The molecule has 1 aliphatic heterocycles. The Labute approximate surface area is 159 Å². The standard InChI is InChI=1S/C22H25N3O2/c26-19-8-4-7-18-21(19)25-20(24-18)13-15-9-11-17(12-10-15)22(27)23-14-16-5-2-1-3-6-16/h1-8,15,17,26H,9-14H2,(H,23,27)(H,24,25)/p+1. The Balaban J connectivity index is 1.24. The van der Waals surface area contributed by atoms with Crippen molar-refractivity contribution in [3.63, 3.8) is 0 Å². The van der Waals surface area contributed by atoms with Gasteiger partial charge in [0.2, 0.25) is 17.4 Å². The number of fused-ring (bicyclic) bond motifs is 1. The molecule has 0 spiro atoms. The molecule has 4 rings (SSSR count). The highest BCUT2D eigenvalue weighted by atomic mass is 16.3. The van der Waals surface area contributed by atoms with Crippen molar-refractivity contribution in [3.8, 4) is 5.75 Å². The van der Waals surface area contributed by atoms with Crippen molar-refractivity contribution in [2.75, 3.05) is 0 Å². The van der Waals surface area contributed by atoms with Crippen LogP contribution in [0.4, 0.5) is 11.4 Å². The van der Waals surface area contributed by atoms with Crippen molar-refractivity contribution < 1.29 is 15.2 Å². The van der Waals surface area contributed by atoms with Crippen molar-refractivity contribution in [1.82, 2.24) is 5.32 Å². The number of carbonyl (C=O) groups is 1. The molecule has 1 heterocycles. The van der Waals surface area contributed by atoms with Crippen LogP contribution < -0.4 is 10.6 Å². The molecule has 0 aromatic heterocycles. The molecule has 140 valence electrons. The number of hydrogen-bond acceptors (Lipinski definition) is 3. The molecule has 1 amide bonds. The number of amides is 1. The number of hydrogen-bond donors (Lipinski definition) is 3. The zero-order chi connectivity index (χ0) is 18.6. The van der Waals surface area contributed by atoms with Crippen molar-refractivity contribution in [3.05, 3.63) is 54.1 Å². The molecule has 0 unspecified atom stereocenters. The number of aliphatic imine (C=N–C) groups is 1. The second-order valence-corrected chi connectivity index (χ2v) is 7.58. The van der Waals surface area contributed by atoms with E-state index in [1.165, 1.54) is 0 Å². The van der Waals surface area contributed by atoms with Gasteiger partial charge in [-0.25, -0.2) is 0 Å². The first-order valence-electron chi connectivity index (χ1n) is 9.75. The zero-order valence-electron chi connectivity index (χ0n) is 15.4. The Morgan fingerprint density at radius 1 is 1.07 bits per heavy atom. The molecule has 2 aliphatic rings. The lowest BCUT2D eigenvalue weighted by Gasteiger charge is -2.27. The van der Waals surface area contributed by atoms with Gasteiger partial charge >= 0.3 is 0 Å². The molecule has 1 saturated carbocycles. The van der Waals surface area contributed by atoms with Gasteiger partial charge in [0.05, 0.1) is 0 Å². The van der Waals surface area contributed by atoms with Crippen LogP contribution in [-0.4, -0.2) is 16.8 Å². The lowest BCUT2D eigenvalue weighted by molar-refractivity contribution is -0.442. The second-order valence-electron chi connectivity index (χ2n) is 7.58. The van der Waals surface area contributed by atoms with Gasteiger partial charge in [-0.05, 0) is 49.3 Å². The Hall–Kier alpha value is -2.66. The molecule has 4 N–H and O–H groups in total. The van der Waals surface area contributed by atoms with E-state index in [2.05, 4.69) is 10.3 Å². The number of rotatable bonds is 5. The maximum Gasteiger partial charge on any atom is 0.223 e. The molecular formula is C22H26N3O2+. The van der Waals surface area contributed by atoms with E-state index in [0.717, 1.165) is 54.9 Å². The molecule has 2 aromatic carbocycles. The van der Waals surface area contributed by atoms with Crippen LogP contribution in [0.15, 0.2) is 53.5 Å². The summed E-state index contributed by atoms with van der Waals surface area (Å²) in [5.41, 5.74) is 2.83. The summed E-state index contributed by atoms with van der Waals surface area (Å²) in [6.45, 7) is 0.604. The lowest BCUT2D eigenvalue weighted by atomic mass is 9.80. The van der Waals surface area contributed by atoms with Crippen molar-refractivity contribution in [2.45, 2.75) is 38.6 Å². The largest absolute Gasteiger partial charge is 0.503 e. The number of nitrogens with zero attached hydrogens (tertiary/aromatic N) is 1. The topological polar surface area (TPSA) is 78.3 Å². The highest BCUT2D eigenvalue weighted by Gasteiger charge is 2.30. The predicted molar refractivity (Wildman–Crippen MR) is 105 cm³/mol. The Morgan fingerprint density at radius 2 is 1.85 bits per heavy atom. The van der Waals surface area contributed by atoms with Crippen LogP contribution in [0.1, 0.15) is 37.7 Å². The molecule has 0 bridgehead atoms. The number of aromatic hydroxyl groups is 1. The fourth-order valence-corrected chi connectivity index (χ4v) is 4.10. The number of quaternary nitrogens is 1. The Kier molecular flexibility index (Phi) is 5.21. The summed E-state index contributed by atoms with van der Waals surface area (Å²) in [6.07, 6.45) is 4.91. The van der Waals surface area contributed by atoms with Crippen molar-refractivity contribution in [1.29, 1.82) is 0 Å². The number of nitrogens with two attached hydrogens (primary N) is 1. The molecule has 1 fully saturated rings. The summed E-state index contributed by atoms with van der Waals surface area (Å²) in [5, 5.41) is 15.0. The van der Waals surface area contributed by atoms with E-state index in [9.17, 15) is 9.90 Å². The minimum Gasteiger partial charge on any atom is -0.503 e. The number of amidine groups is 1. The third kappa shape index (κ3) is 4.19. The summed E-state index contributed by atoms with van der Waals surface area (Å²) >= 11 is 0. The third-order valence-corrected chi connectivity index (χ3v) is 5.66. The molecule has 2 aromatic rings. The molecule has 0 saturated heterocycles. The quantitative estimate of drug-likeness (QED) is 0.563. The third-order valence-electron chi connectivity index (χ3n) is 5.66. The summed E-state index contributed by atoms with van der Waals surface area (Å²) in [5.74, 6) is 2.21. The molecule has 5 nitrogen and oxygen atoms in total. The van der Waals surface area contributed by atoms with Gasteiger partial charge < -0.3 is 10.4 Å². The molecule has 1 aliphatic carbocycles. The number of para-hydroxylation sites is 1. The maximum absolute atomic E-state index is 12.4. The van der Waals surface area contributed by atoms with Gasteiger partial charge in [0, 0.05) is 18.9 Å². The van der Waals surface area contributed by atoms with Gasteiger partial charge in [-0.1, -0.05) is 36.4 Å². The fourth-order valence-electron chi connectivity index (χ4n) is 4.10. The number of benzene rings is 2. The number of carbonyl (C=O) groups excluding carboxylic acids is 1. The maximum atomic E-state index is 12.4. The summed E-state index contributed by atoms with van der Waals surface area (Å²) < 4.78 is 0. The monoisotopic (exact) mass is 364 g/mol. The Bertz CT molecular complexity index is 840. The second kappa shape index (κ2) is 7.92. The van der Waals surface area contributed by atoms with Crippen LogP contribution in [0.5, 0.6) is 5.75 Å². The molecule has 0 atom stereocenters. The lowest BCUT2D eigenvalue weighted by Crippen LogP contribution is -2.80. The molecule has 5 heteroatoms. The first kappa shape index (κ1) is 17.7. The normalized spacial score (nSPS) is 21.4. The van der Waals surface area contributed by atoms with Gasteiger partial charge in [0.1, 0.15) is 5.69 Å². The van der Waals surface area contributed by atoms with Gasteiger partial charge in [-0.2, -0.15) is 4.99 Å². The minimum atomic E-state index is 0.126. The summed E-state index contributed by atoms with van der Waals surface area (Å²) in [4.78, 5) is 17.1. The van der Waals surface area contributed by atoms with Crippen molar-refractivity contribution >= 4 is 23.1 Å². The van der Waals surface area contributed by atoms with E-state index in [0.29, 0.717) is 18.2 Å². The summed E-state index contributed by atoms with van der Waals surface area (Å²) in [6, 6.07) is 15.5. The predicted octanol–water partition coefficient (Wildman–Crippen LogP) is 3.14. The van der Waals surface area contributed by atoms with E-state index in [1.54, 1.807) is 6.07 Å². The van der Waals surface area contributed by atoms with Crippen LogP contribution >= 0.6 is 0 Å². The fraction of sp³-hybridized carbons (Fsp3) is 0.364.